The van der Waals surface area contributed by atoms with E-state index in [2.05, 4.69) is 21.5 Å². The summed E-state index contributed by atoms with van der Waals surface area (Å²) in [7, 11) is 2.12. The van der Waals surface area contributed by atoms with E-state index in [4.69, 9.17) is 4.98 Å². The molecular formula is C18H22N4O2. The van der Waals surface area contributed by atoms with Crippen molar-refractivity contribution in [2.24, 2.45) is 7.05 Å². The molecule has 1 atom stereocenters. The smallest absolute Gasteiger partial charge is 0.354 e. The van der Waals surface area contributed by atoms with E-state index in [-0.39, 0.29) is 11.7 Å². The van der Waals surface area contributed by atoms with Crippen molar-refractivity contribution in [1.82, 2.24) is 14.5 Å². The number of imidazole rings is 1. The van der Waals surface area contributed by atoms with Crippen LogP contribution in [-0.4, -0.2) is 32.2 Å². The summed E-state index contributed by atoms with van der Waals surface area (Å²) in [5.41, 5.74) is 2.71. The molecule has 2 aliphatic rings. The minimum absolute atomic E-state index is 0.0947. The summed E-state index contributed by atoms with van der Waals surface area (Å²) in [5.74, 6) is 0.848. The number of pyridine rings is 1. The number of hydrogen-bond donors (Lipinski definition) is 1. The van der Waals surface area contributed by atoms with Crippen LogP contribution in [0.3, 0.4) is 0 Å². The van der Waals surface area contributed by atoms with Crippen LogP contribution in [0, 0.1) is 0 Å². The van der Waals surface area contributed by atoms with Gasteiger partial charge in [-0.05, 0) is 50.7 Å². The van der Waals surface area contributed by atoms with Crippen LogP contribution in [0.15, 0.2) is 18.2 Å². The van der Waals surface area contributed by atoms with Gasteiger partial charge < -0.3 is 14.6 Å². The molecule has 1 aliphatic heterocycles. The first-order valence-corrected chi connectivity index (χ1v) is 8.66. The first-order chi connectivity index (χ1) is 11.6. The highest BCUT2D eigenvalue weighted by atomic mass is 16.4. The lowest BCUT2D eigenvalue weighted by Crippen LogP contribution is -2.26. The van der Waals surface area contributed by atoms with Gasteiger partial charge in [-0.1, -0.05) is 6.07 Å². The third kappa shape index (κ3) is 2.46. The predicted octanol–water partition coefficient (Wildman–Crippen LogP) is 2.73. The fourth-order valence-electron chi connectivity index (χ4n) is 4.02. The zero-order valence-corrected chi connectivity index (χ0v) is 13.9. The molecule has 4 rings (SSSR count). The number of aromatic carboxylic acids is 1. The average Bonchev–Trinajstić information content (AvgIpc) is 3.20. The van der Waals surface area contributed by atoms with Gasteiger partial charge in [0.2, 0.25) is 0 Å². The number of rotatable bonds is 3. The van der Waals surface area contributed by atoms with Crippen molar-refractivity contribution in [2.45, 2.75) is 44.6 Å². The number of anilines is 1. The Balaban J connectivity index is 1.70. The van der Waals surface area contributed by atoms with E-state index in [0.717, 1.165) is 43.9 Å². The SMILES string of the molecule is Cn1c(C2CCCN2c2cccc(C(=O)O)n2)nc2c1CCCC2. The largest absolute Gasteiger partial charge is 0.477 e. The number of carboxylic acids is 1. The minimum Gasteiger partial charge on any atom is -0.477 e. The number of aromatic nitrogens is 3. The molecular weight excluding hydrogens is 304 g/mol. The molecule has 24 heavy (non-hydrogen) atoms. The molecule has 1 N–H and O–H groups in total. The van der Waals surface area contributed by atoms with Gasteiger partial charge in [0, 0.05) is 19.3 Å². The molecule has 1 saturated heterocycles. The van der Waals surface area contributed by atoms with Gasteiger partial charge in [0.1, 0.15) is 11.6 Å². The number of fused-ring (bicyclic) bond motifs is 1. The highest BCUT2D eigenvalue weighted by Gasteiger charge is 2.32. The highest BCUT2D eigenvalue weighted by Crippen LogP contribution is 2.36. The number of carboxylic acid groups (broad SMARTS) is 1. The molecule has 1 fully saturated rings. The van der Waals surface area contributed by atoms with Gasteiger partial charge in [-0.3, -0.25) is 0 Å². The lowest BCUT2D eigenvalue weighted by atomic mass is 10.0. The molecule has 1 aliphatic carbocycles. The van der Waals surface area contributed by atoms with Crippen molar-refractivity contribution in [3.63, 3.8) is 0 Å². The monoisotopic (exact) mass is 326 g/mol. The van der Waals surface area contributed by atoms with Gasteiger partial charge in [0.15, 0.2) is 5.69 Å². The number of nitrogens with zero attached hydrogens (tertiary/aromatic N) is 4. The summed E-state index contributed by atoms with van der Waals surface area (Å²) in [4.78, 5) is 22.7. The van der Waals surface area contributed by atoms with Gasteiger partial charge in [-0.15, -0.1) is 0 Å². The Labute approximate surface area is 141 Å². The fourth-order valence-corrected chi connectivity index (χ4v) is 4.02. The molecule has 6 heteroatoms. The van der Waals surface area contributed by atoms with Crippen LogP contribution >= 0.6 is 0 Å². The zero-order chi connectivity index (χ0) is 16.7. The zero-order valence-electron chi connectivity index (χ0n) is 13.9. The maximum atomic E-state index is 11.2. The average molecular weight is 326 g/mol. The van der Waals surface area contributed by atoms with Crippen LogP contribution in [0.1, 0.15) is 59.4 Å². The third-order valence-electron chi connectivity index (χ3n) is 5.21. The number of aryl methyl sites for hydroxylation is 1. The van der Waals surface area contributed by atoms with Gasteiger partial charge in [-0.2, -0.15) is 0 Å². The van der Waals surface area contributed by atoms with Crippen LogP contribution in [0.5, 0.6) is 0 Å². The fraction of sp³-hybridized carbons (Fsp3) is 0.500. The predicted molar refractivity (Wildman–Crippen MR) is 90.4 cm³/mol. The van der Waals surface area contributed by atoms with Gasteiger partial charge in [-0.25, -0.2) is 14.8 Å². The second-order valence-electron chi connectivity index (χ2n) is 6.67. The molecule has 0 bridgehead atoms. The Hall–Kier alpha value is -2.37. The summed E-state index contributed by atoms with van der Waals surface area (Å²) in [5, 5.41) is 9.19. The maximum absolute atomic E-state index is 11.2. The summed E-state index contributed by atoms with van der Waals surface area (Å²) in [6.07, 6.45) is 6.74. The molecule has 6 nitrogen and oxygen atoms in total. The quantitative estimate of drug-likeness (QED) is 0.939. The molecule has 0 aromatic carbocycles. The molecule has 126 valence electrons. The van der Waals surface area contributed by atoms with Crippen LogP contribution in [0.4, 0.5) is 5.82 Å². The van der Waals surface area contributed by atoms with Crippen LogP contribution in [0.2, 0.25) is 0 Å². The third-order valence-corrected chi connectivity index (χ3v) is 5.21. The summed E-state index contributed by atoms with van der Waals surface area (Å²) in [6, 6.07) is 5.38. The Morgan fingerprint density at radius 3 is 2.83 bits per heavy atom. The molecule has 0 spiro atoms. The molecule has 3 heterocycles. The Morgan fingerprint density at radius 1 is 1.21 bits per heavy atom. The van der Waals surface area contributed by atoms with Crippen molar-refractivity contribution in [3.8, 4) is 0 Å². The minimum atomic E-state index is -0.986. The van der Waals surface area contributed by atoms with Crippen LogP contribution in [0.25, 0.3) is 0 Å². The van der Waals surface area contributed by atoms with E-state index in [0.29, 0.717) is 0 Å². The Kier molecular flexibility index (Phi) is 3.75. The topological polar surface area (TPSA) is 71.2 Å². The Bertz CT molecular complexity index is 783. The number of carbonyl (C=O) groups is 1. The maximum Gasteiger partial charge on any atom is 0.354 e. The van der Waals surface area contributed by atoms with E-state index in [9.17, 15) is 9.90 Å². The summed E-state index contributed by atoms with van der Waals surface area (Å²) in [6.45, 7) is 0.887. The van der Waals surface area contributed by atoms with Crippen molar-refractivity contribution in [2.75, 3.05) is 11.4 Å². The first kappa shape index (κ1) is 15.2. The molecule has 0 saturated carbocycles. The first-order valence-electron chi connectivity index (χ1n) is 8.66. The number of hydrogen-bond acceptors (Lipinski definition) is 4. The van der Waals surface area contributed by atoms with Crippen molar-refractivity contribution in [1.29, 1.82) is 0 Å². The van der Waals surface area contributed by atoms with E-state index in [1.165, 1.54) is 30.3 Å². The van der Waals surface area contributed by atoms with Gasteiger partial charge in [0.05, 0.1) is 11.7 Å². The Morgan fingerprint density at radius 2 is 2.04 bits per heavy atom. The van der Waals surface area contributed by atoms with Gasteiger partial charge in [0.25, 0.3) is 0 Å². The van der Waals surface area contributed by atoms with E-state index < -0.39 is 5.97 Å². The molecule has 2 aromatic rings. The standard InChI is InChI=1S/C18H22N4O2/c1-21-14-8-3-2-6-12(14)20-17(21)15-9-5-11-22(15)16-10-4-7-13(19-16)18(23)24/h4,7,10,15H,2-3,5-6,8-9,11H2,1H3,(H,23,24). The van der Waals surface area contributed by atoms with E-state index in [1.807, 2.05) is 6.07 Å². The van der Waals surface area contributed by atoms with E-state index >= 15 is 0 Å². The lowest BCUT2D eigenvalue weighted by molar-refractivity contribution is 0.0690. The second-order valence-corrected chi connectivity index (χ2v) is 6.67. The summed E-state index contributed by atoms with van der Waals surface area (Å²) >= 11 is 0. The van der Waals surface area contributed by atoms with Crippen LogP contribution in [-0.2, 0) is 19.9 Å². The lowest BCUT2D eigenvalue weighted by Gasteiger charge is -2.25. The highest BCUT2D eigenvalue weighted by molar-refractivity contribution is 5.85. The normalized spacial score (nSPS) is 20.2. The van der Waals surface area contributed by atoms with Gasteiger partial charge >= 0.3 is 5.97 Å². The summed E-state index contributed by atoms with van der Waals surface area (Å²) < 4.78 is 2.26. The van der Waals surface area contributed by atoms with Crippen molar-refractivity contribution < 1.29 is 9.90 Å². The van der Waals surface area contributed by atoms with Crippen molar-refractivity contribution in [3.05, 3.63) is 41.1 Å². The van der Waals surface area contributed by atoms with E-state index in [1.54, 1.807) is 6.07 Å². The molecule has 2 aromatic heterocycles. The molecule has 0 radical (unpaired) electrons. The van der Waals surface area contributed by atoms with Crippen molar-refractivity contribution >= 4 is 11.8 Å². The van der Waals surface area contributed by atoms with Crippen LogP contribution < -0.4 is 4.90 Å². The molecule has 0 amide bonds. The second kappa shape index (κ2) is 5.92. The molecule has 1 unspecified atom stereocenters.